The van der Waals surface area contributed by atoms with Gasteiger partial charge in [-0.1, -0.05) is 35.3 Å². The molecule has 0 unspecified atom stereocenters. The first-order valence-electron chi connectivity index (χ1n) is 8.51. The number of nitrogens with one attached hydrogen (secondary N) is 1. The standard InChI is InChI=1S/C20H18Cl2N2O2/c21-15-3-2-13-8-14-11-24(6-5-16(14)17(13)9-15)20(26)23-10-12-1-4-19(25)18(22)7-12/h1-4,7,9,25H,5-6,8,10-11H2,(H,23,26). The average molecular weight is 389 g/mol. The molecule has 1 aliphatic carbocycles. The van der Waals surface area contributed by atoms with Crippen molar-refractivity contribution in [3.63, 3.8) is 0 Å². The number of amides is 2. The molecule has 0 bridgehead atoms. The van der Waals surface area contributed by atoms with Gasteiger partial charge in [0.25, 0.3) is 0 Å². The van der Waals surface area contributed by atoms with Gasteiger partial charge in [0.2, 0.25) is 0 Å². The summed E-state index contributed by atoms with van der Waals surface area (Å²) in [5, 5.41) is 13.4. The summed E-state index contributed by atoms with van der Waals surface area (Å²) in [5.74, 6) is 0.0399. The van der Waals surface area contributed by atoms with Crippen molar-refractivity contribution in [2.24, 2.45) is 0 Å². The van der Waals surface area contributed by atoms with Crippen molar-refractivity contribution >= 4 is 34.8 Å². The second-order valence-corrected chi connectivity index (χ2v) is 7.52. The molecule has 26 heavy (non-hydrogen) atoms. The first-order chi connectivity index (χ1) is 12.5. The zero-order valence-corrected chi connectivity index (χ0v) is 15.6. The van der Waals surface area contributed by atoms with E-state index >= 15 is 0 Å². The van der Waals surface area contributed by atoms with Crippen molar-refractivity contribution in [2.45, 2.75) is 19.4 Å². The van der Waals surface area contributed by atoms with E-state index in [4.69, 9.17) is 23.2 Å². The van der Waals surface area contributed by atoms with E-state index in [0.29, 0.717) is 19.6 Å². The van der Waals surface area contributed by atoms with Crippen LogP contribution in [0, 0.1) is 0 Å². The lowest BCUT2D eigenvalue weighted by atomic mass is 9.99. The second-order valence-electron chi connectivity index (χ2n) is 6.68. The molecule has 0 fully saturated rings. The van der Waals surface area contributed by atoms with Crippen LogP contribution in [0.4, 0.5) is 4.79 Å². The number of carbonyl (C=O) groups is 1. The van der Waals surface area contributed by atoms with E-state index in [-0.39, 0.29) is 16.8 Å². The summed E-state index contributed by atoms with van der Waals surface area (Å²) in [6, 6.07) is 10.9. The predicted molar refractivity (Wildman–Crippen MR) is 104 cm³/mol. The Kier molecular flexibility index (Phi) is 4.55. The molecule has 0 spiro atoms. The molecule has 2 aromatic rings. The minimum atomic E-state index is -0.0882. The van der Waals surface area contributed by atoms with Crippen molar-refractivity contribution in [3.8, 4) is 5.75 Å². The number of halogens is 2. The largest absolute Gasteiger partial charge is 0.506 e. The van der Waals surface area contributed by atoms with Gasteiger partial charge >= 0.3 is 6.03 Å². The average Bonchev–Trinajstić information content (AvgIpc) is 2.99. The molecule has 0 saturated carbocycles. The Bertz CT molecular complexity index is 924. The van der Waals surface area contributed by atoms with Gasteiger partial charge in [-0.3, -0.25) is 0 Å². The van der Waals surface area contributed by atoms with Gasteiger partial charge in [-0.15, -0.1) is 0 Å². The molecule has 134 valence electrons. The van der Waals surface area contributed by atoms with E-state index in [9.17, 15) is 9.90 Å². The Morgan fingerprint density at radius 1 is 1.19 bits per heavy atom. The summed E-state index contributed by atoms with van der Waals surface area (Å²) in [5.41, 5.74) is 6.03. The SMILES string of the molecule is O=C(NCc1ccc(O)c(Cl)c1)N1CCC2=C(Cc3ccc(Cl)cc32)C1. The highest BCUT2D eigenvalue weighted by Gasteiger charge is 2.29. The van der Waals surface area contributed by atoms with Crippen molar-refractivity contribution in [1.29, 1.82) is 0 Å². The topological polar surface area (TPSA) is 52.6 Å². The summed E-state index contributed by atoms with van der Waals surface area (Å²) < 4.78 is 0. The number of carbonyl (C=O) groups excluding carboxylic acids is 1. The van der Waals surface area contributed by atoms with Gasteiger partial charge in [-0.25, -0.2) is 4.79 Å². The zero-order chi connectivity index (χ0) is 18.3. The molecule has 4 nitrogen and oxygen atoms in total. The Balaban J connectivity index is 1.40. The highest BCUT2D eigenvalue weighted by atomic mass is 35.5. The molecule has 0 atom stereocenters. The maximum atomic E-state index is 12.5. The minimum Gasteiger partial charge on any atom is -0.506 e. The van der Waals surface area contributed by atoms with Crippen LogP contribution in [0.3, 0.4) is 0 Å². The van der Waals surface area contributed by atoms with Gasteiger partial charge in [-0.2, -0.15) is 0 Å². The smallest absolute Gasteiger partial charge is 0.317 e. The number of phenols is 1. The van der Waals surface area contributed by atoms with E-state index < -0.39 is 0 Å². The number of urea groups is 1. The van der Waals surface area contributed by atoms with Crippen LogP contribution in [0.2, 0.25) is 10.0 Å². The van der Waals surface area contributed by atoms with E-state index in [0.717, 1.165) is 23.4 Å². The number of rotatable bonds is 2. The van der Waals surface area contributed by atoms with Crippen LogP contribution in [-0.2, 0) is 13.0 Å². The molecule has 2 N–H and O–H groups in total. The lowest BCUT2D eigenvalue weighted by molar-refractivity contribution is 0.201. The van der Waals surface area contributed by atoms with Crippen molar-refractivity contribution < 1.29 is 9.90 Å². The fraction of sp³-hybridized carbons (Fsp3) is 0.250. The first kappa shape index (κ1) is 17.3. The lowest BCUT2D eigenvalue weighted by Crippen LogP contribution is -2.43. The third-order valence-corrected chi connectivity index (χ3v) is 5.52. The zero-order valence-electron chi connectivity index (χ0n) is 14.1. The molecule has 0 saturated heterocycles. The Morgan fingerprint density at radius 2 is 2.04 bits per heavy atom. The Morgan fingerprint density at radius 3 is 2.85 bits per heavy atom. The summed E-state index contributed by atoms with van der Waals surface area (Å²) >= 11 is 12.0. The molecule has 6 heteroatoms. The number of benzene rings is 2. The maximum absolute atomic E-state index is 12.5. The summed E-state index contributed by atoms with van der Waals surface area (Å²) in [7, 11) is 0. The van der Waals surface area contributed by atoms with Gasteiger partial charge in [-0.05, 0) is 64.9 Å². The number of aromatic hydroxyl groups is 1. The van der Waals surface area contributed by atoms with Gasteiger partial charge < -0.3 is 15.3 Å². The van der Waals surface area contributed by atoms with Crippen LogP contribution in [-0.4, -0.2) is 29.1 Å². The first-order valence-corrected chi connectivity index (χ1v) is 9.27. The number of hydrogen-bond donors (Lipinski definition) is 2. The molecule has 2 amide bonds. The predicted octanol–water partition coefficient (Wildman–Crippen LogP) is 4.62. The third kappa shape index (κ3) is 3.27. The highest BCUT2D eigenvalue weighted by Crippen LogP contribution is 2.39. The molecule has 1 aliphatic heterocycles. The summed E-state index contributed by atoms with van der Waals surface area (Å²) in [6.07, 6.45) is 1.74. The molecule has 2 aromatic carbocycles. The quantitative estimate of drug-likeness (QED) is 0.787. The van der Waals surface area contributed by atoms with Crippen LogP contribution >= 0.6 is 23.2 Å². The van der Waals surface area contributed by atoms with E-state index in [1.165, 1.54) is 28.3 Å². The number of hydrogen-bond acceptors (Lipinski definition) is 2. The van der Waals surface area contributed by atoms with Crippen molar-refractivity contribution in [1.82, 2.24) is 10.2 Å². The number of phenolic OH excluding ortho intramolecular Hbond substituents is 1. The van der Waals surface area contributed by atoms with Crippen LogP contribution in [0.5, 0.6) is 5.75 Å². The van der Waals surface area contributed by atoms with Crippen LogP contribution in [0.25, 0.3) is 5.57 Å². The Labute approximate surface area is 162 Å². The van der Waals surface area contributed by atoms with Gasteiger partial charge in [0.15, 0.2) is 0 Å². The number of nitrogens with zero attached hydrogens (tertiary/aromatic N) is 1. The molecular weight excluding hydrogens is 371 g/mol. The summed E-state index contributed by atoms with van der Waals surface area (Å²) in [4.78, 5) is 14.4. The van der Waals surface area contributed by atoms with E-state index in [1.54, 1.807) is 12.1 Å². The fourth-order valence-corrected chi connectivity index (χ4v) is 4.03. The molecule has 4 rings (SSSR count). The minimum absolute atomic E-state index is 0.0399. The lowest BCUT2D eigenvalue weighted by Gasteiger charge is -2.29. The van der Waals surface area contributed by atoms with Crippen LogP contribution in [0.15, 0.2) is 42.0 Å². The molecule has 2 aliphatic rings. The monoisotopic (exact) mass is 388 g/mol. The Hall–Kier alpha value is -2.17. The van der Waals surface area contributed by atoms with Crippen molar-refractivity contribution in [3.05, 3.63) is 68.7 Å². The van der Waals surface area contributed by atoms with Crippen LogP contribution in [0.1, 0.15) is 23.1 Å². The van der Waals surface area contributed by atoms with E-state index in [2.05, 4.69) is 11.4 Å². The van der Waals surface area contributed by atoms with Gasteiger partial charge in [0.05, 0.1) is 5.02 Å². The molecule has 0 radical (unpaired) electrons. The second kappa shape index (κ2) is 6.86. The summed E-state index contributed by atoms with van der Waals surface area (Å²) in [6.45, 7) is 1.70. The van der Waals surface area contributed by atoms with Crippen molar-refractivity contribution in [2.75, 3.05) is 13.1 Å². The molecule has 1 heterocycles. The van der Waals surface area contributed by atoms with Gasteiger partial charge in [0.1, 0.15) is 5.75 Å². The van der Waals surface area contributed by atoms with Gasteiger partial charge in [0, 0.05) is 24.7 Å². The van der Waals surface area contributed by atoms with E-state index in [1.807, 2.05) is 17.0 Å². The normalized spacial score (nSPS) is 15.7. The maximum Gasteiger partial charge on any atom is 0.317 e. The van der Waals surface area contributed by atoms with Crippen LogP contribution < -0.4 is 5.32 Å². The molecule has 0 aromatic heterocycles. The highest BCUT2D eigenvalue weighted by molar-refractivity contribution is 6.32. The fourth-order valence-electron chi connectivity index (χ4n) is 3.65. The number of fused-ring (bicyclic) bond motifs is 2. The third-order valence-electron chi connectivity index (χ3n) is 4.98. The molecular formula is C20H18Cl2N2O2.